The molecule has 0 aromatic heterocycles. The topological polar surface area (TPSA) is 203 Å². The zero-order valence-corrected chi connectivity index (χ0v) is 32.5. The van der Waals surface area contributed by atoms with Gasteiger partial charge < -0.3 is 36.1 Å². The molecule has 1 aromatic carbocycles. The molecule has 0 unspecified atom stereocenters. The van der Waals surface area contributed by atoms with Crippen LogP contribution in [0, 0.1) is 17.8 Å². The highest BCUT2D eigenvalue weighted by molar-refractivity contribution is 7.90. The molecule has 1 aliphatic heterocycles. The lowest BCUT2D eigenvalue weighted by Gasteiger charge is -2.40. The van der Waals surface area contributed by atoms with Crippen molar-refractivity contribution in [1.82, 2.24) is 19.8 Å². The molecule has 15 heteroatoms. The normalized spacial score (nSPS) is 19.0. The van der Waals surface area contributed by atoms with E-state index in [9.17, 15) is 27.6 Å². The zero-order valence-electron chi connectivity index (χ0n) is 31.7. The second-order valence-corrected chi connectivity index (χ2v) is 15.9. The molecule has 1 aromatic rings. The van der Waals surface area contributed by atoms with Gasteiger partial charge in [-0.15, -0.1) is 0 Å². The van der Waals surface area contributed by atoms with E-state index in [1.165, 1.54) is 14.2 Å². The van der Waals surface area contributed by atoms with Gasteiger partial charge in [0.2, 0.25) is 27.7 Å². The summed E-state index contributed by atoms with van der Waals surface area (Å²) < 4.78 is 38.9. The molecule has 4 amide bonds. The van der Waals surface area contributed by atoms with Crippen molar-refractivity contribution in [3.05, 3.63) is 35.9 Å². The molecule has 1 saturated heterocycles. The van der Waals surface area contributed by atoms with Crippen LogP contribution in [0.5, 0.6) is 0 Å². The number of likely N-dealkylation sites (N-methyl/N-ethyl adjacent to an activating group) is 1. The molecule has 0 bridgehead atoms. The number of methoxy groups -OCH3 is 2. The Labute approximate surface area is 304 Å². The average Bonchev–Trinajstić information content (AvgIpc) is 3.59. The molecule has 290 valence electrons. The highest BCUT2D eigenvalue weighted by atomic mass is 32.2. The third kappa shape index (κ3) is 12.5. The Kier molecular flexibility index (Phi) is 18.0. The Morgan fingerprint density at radius 2 is 1.69 bits per heavy atom. The summed E-state index contributed by atoms with van der Waals surface area (Å²) in [5.41, 5.74) is 12.4. The van der Waals surface area contributed by atoms with E-state index in [2.05, 4.69) is 10.0 Å². The highest BCUT2D eigenvalue weighted by Gasteiger charge is 2.43. The van der Waals surface area contributed by atoms with Crippen molar-refractivity contribution in [2.45, 2.75) is 110 Å². The first-order valence-electron chi connectivity index (χ1n) is 18.0. The van der Waals surface area contributed by atoms with Gasteiger partial charge in [-0.05, 0) is 43.2 Å². The van der Waals surface area contributed by atoms with Crippen LogP contribution < -0.4 is 21.5 Å². The second kappa shape index (κ2) is 20.8. The van der Waals surface area contributed by atoms with Gasteiger partial charge in [-0.1, -0.05) is 71.4 Å². The number of ether oxygens (including phenoxy) is 2. The van der Waals surface area contributed by atoms with E-state index >= 15 is 0 Å². The van der Waals surface area contributed by atoms with Crippen LogP contribution in [0.1, 0.15) is 72.3 Å². The zero-order chi connectivity index (χ0) is 38.5. The first-order valence-corrected chi connectivity index (χ1v) is 19.6. The van der Waals surface area contributed by atoms with Crippen LogP contribution in [0.25, 0.3) is 0 Å². The number of rotatable bonds is 21. The number of nitrogens with zero attached hydrogens (tertiary/aromatic N) is 2. The van der Waals surface area contributed by atoms with Gasteiger partial charge in [0.05, 0.1) is 48.4 Å². The van der Waals surface area contributed by atoms with Crippen molar-refractivity contribution >= 4 is 33.7 Å². The first kappa shape index (κ1) is 44.1. The standard InChI is InChI=1S/C36H62N6O8S/c1-9-24(4)32(41(6)36(46)31(38)23(2)3)29(49-7)22-30(43)42-19-13-17-28(42)33(50-8)25(5)34(44)39-27(21-26-15-11-10-12-16-26)35(45)40-51(47,48)20-14-18-37/h10-12,15-16,23-25,27-29,31-33H,9,13-14,17-22,37-38H2,1-8H3,(H,39,44)(H,40,45)/t24-,25+,27-,28-,29+,31-,32-,33+/m0/s1. The summed E-state index contributed by atoms with van der Waals surface area (Å²) >= 11 is 0. The number of nitrogens with one attached hydrogen (secondary N) is 2. The largest absolute Gasteiger partial charge is 0.379 e. The fourth-order valence-electron chi connectivity index (χ4n) is 6.74. The van der Waals surface area contributed by atoms with E-state index in [1.807, 2.05) is 33.8 Å². The van der Waals surface area contributed by atoms with Crippen LogP contribution in [0.4, 0.5) is 0 Å². The number of nitrogens with two attached hydrogens (primary N) is 2. The third-order valence-corrected chi connectivity index (χ3v) is 11.4. The Hall–Kier alpha value is -3.11. The Bertz CT molecular complexity index is 1380. The summed E-state index contributed by atoms with van der Waals surface area (Å²) in [6.07, 6.45) is 0.921. The van der Waals surface area contributed by atoms with Crippen molar-refractivity contribution in [3.63, 3.8) is 0 Å². The van der Waals surface area contributed by atoms with Crippen LogP contribution in [0.2, 0.25) is 0 Å². The molecule has 14 nitrogen and oxygen atoms in total. The molecule has 8 atom stereocenters. The maximum Gasteiger partial charge on any atom is 0.256 e. The third-order valence-electron chi connectivity index (χ3n) is 10.1. The summed E-state index contributed by atoms with van der Waals surface area (Å²) in [7, 11) is 0.746. The van der Waals surface area contributed by atoms with Gasteiger partial charge in [-0.2, -0.15) is 0 Å². The van der Waals surface area contributed by atoms with Crippen molar-refractivity contribution < 1.29 is 37.1 Å². The van der Waals surface area contributed by atoms with Crippen LogP contribution >= 0.6 is 0 Å². The van der Waals surface area contributed by atoms with Crippen LogP contribution in [0.3, 0.4) is 0 Å². The molecule has 1 fully saturated rings. The summed E-state index contributed by atoms with van der Waals surface area (Å²) in [6, 6.07) is 6.21. The number of carbonyl (C=O) groups excluding carboxylic acids is 4. The summed E-state index contributed by atoms with van der Waals surface area (Å²) in [5, 5.41) is 2.75. The number of likely N-dealkylation sites (tertiary alicyclic amines) is 1. The average molecular weight is 739 g/mol. The van der Waals surface area contributed by atoms with Crippen molar-refractivity contribution in [2.75, 3.05) is 40.1 Å². The maximum absolute atomic E-state index is 14.0. The fourth-order valence-corrected chi connectivity index (χ4v) is 7.84. The van der Waals surface area contributed by atoms with Crippen LogP contribution in [-0.4, -0.2) is 118 Å². The molecule has 0 spiro atoms. The van der Waals surface area contributed by atoms with E-state index in [4.69, 9.17) is 20.9 Å². The van der Waals surface area contributed by atoms with E-state index in [0.29, 0.717) is 19.4 Å². The van der Waals surface area contributed by atoms with Crippen molar-refractivity contribution in [2.24, 2.45) is 29.2 Å². The molecule has 0 aliphatic carbocycles. The molecular weight excluding hydrogens is 676 g/mol. The first-order chi connectivity index (χ1) is 24.0. The van der Waals surface area contributed by atoms with E-state index in [0.717, 1.165) is 12.0 Å². The van der Waals surface area contributed by atoms with Crippen LogP contribution in [0.15, 0.2) is 30.3 Å². The Morgan fingerprint density at radius 1 is 1.04 bits per heavy atom. The lowest BCUT2D eigenvalue weighted by molar-refractivity contribution is -0.146. The highest BCUT2D eigenvalue weighted by Crippen LogP contribution is 2.29. The molecule has 51 heavy (non-hydrogen) atoms. The lowest BCUT2D eigenvalue weighted by atomic mass is 9.89. The summed E-state index contributed by atoms with van der Waals surface area (Å²) in [5.74, 6) is -2.98. The van der Waals surface area contributed by atoms with Gasteiger partial charge in [0.1, 0.15) is 6.04 Å². The molecular formula is C36H62N6O8S. The van der Waals surface area contributed by atoms with Gasteiger partial charge in [-0.3, -0.25) is 23.9 Å². The lowest BCUT2D eigenvalue weighted by Crippen LogP contribution is -2.56. The minimum atomic E-state index is -3.97. The maximum atomic E-state index is 14.0. The number of benzene rings is 1. The van der Waals surface area contributed by atoms with Gasteiger partial charge in [0.15, 0.2) is 0 Å². The minimum Gasteiger partial charge on any atom is -0.379 e. The quantitative estimate of drug-likeness (QED) is 0.143. The Balaban J connectivity index is 2.28. The van der Waals surface area contributed by atoms with Gasteiger partial charge >= 0.3 is 0 Å². The Morgan fingerprint density at radius 3 is 2.24 bits per heavy atom. The molecule has 1 aliphatic rings. The molecule has 1 heterocycles. The van der Waals surface area contributed by atoms with Gasteiger partial charge in [-0.25, -0.2) is 8.42 Å². The van der Waals surface area contributed by atoms with Crippen LogP contribution in [-0.2, 0) is 45.1 Å². The van der Waals surface area contributed by atoms with Crippen molar-refractivity contribution in [3.8, 4) is 0 Å². The number of hydrogen-bond acceptors (Lipinski definition) is 10. The smallest absolute Gasteiger partial charge is 0.256 e. The summed E-state index contributed by atoms with van der Waals surface area (Å²) in [6.45, 7) is 10.1. The predicted molar refractivity (Wildman–Crippen MR) is 197 cm³/mol. The van der Waals surface area contributed by atoms with E-state index in [-0.39, 0.29) is 55.2 Å². The van der Waals surface area contributed by atoms with Gasteiger partial charge in [0.25, 0.3) is 5.91 Å². The fraction of sp³-hybridized carbons (Fsp3) is 0.722. The number of amides is 4. The molecule has 0 radical (unpaired) electrons. The summed E-state index contributed by atoms with van der Waals surface area (Å²) in [4.78, 5) is 57.7. The second-order valence-electron chi connectivity index (χ2n) is 14.0. The van der Waals surface area contributed by atoms with Crippen molar-refractivity contribution in [1.29, 1.82) is 0 Å². The number of sulfonamides is 1. The van der Waals surface area contributed by atoms with Gasteiger partial charge in [0, 0.05) is 34.2 Å². The SMILES string of the molecule is CC[C@H](C)[C@@H]([C@@H](CC(=O)N1CCC[C@H]1[C@H](OC)[C@@H](C)C(=O)N[C@@H](Cc1ccccc1)C(=O)NS(=O)(=O)CCCN)OC)N(C)C(=O)[C@@H](N)C(C)C. The monoisotopic (exact) mass is 738 g/mol. The molecule has 6 N–H and O–H groups in total. The molecule has 2 rings (SSSR count). The van der Waals surface area contributed by atoms with E-state index < -0.39 is 64.1 Å². The van der Waals surface area contributed by atoms with E-state index in [1.54, 1.807) is 48.0 Å². The minimum absolute atomic E-state index is 0.00546. The number of carbonyl (C=O) groups is 4. The predicted octanol–water partition coefficient (Wildman–Crippen LogP) is 1.41. The number of hydrogen-bond donors (Lipinski definition) is 4. The molecule has 0 saturated carbocycles.